The van der Waals surface area contributed by atoms with Crippen molar-refractivity contribution in [3.8, 4) is 0 Å². The molecule has 0 aromatic rings. The second-order valence-corrected chi connectivity index (χ2v) is 6.97. The molecule has 28 heavy (non-hydrogen) atoms. The number of carboxylic acid groups (broad SMARTS) is 1. The molecule has 5 atom stereocenters. The molecule has 0 bridgehead atoms. The number of amides is 2. The first-order valence-electron chi connectivity index (χ1n) is 8.98. The minimum atomic E-state index is -1.27. The number of rotatable bonds is 6. The monoisotopic (exact) mass is 394 g/mol. The number of nitrogens with zero attached hydrogens (tertiary/aromatic N) is 1. The van der Waals surface area contributed by atoms with E-state index in [9.17, 15) is 24.3 Å². The minimum Gasteiger partial charge on any atom is -0.477 e. The van der Waals surface area contributed by atoms with E-state index in [4.69, 9.17) is 19.9 Å². The quantitative estimate of drug-likeness (QED) is 0.388. The summed E-state index contributed by atoms with van der Waals surface area (Å²) in [4.78, 5) is 48.7. The second kappa shape index (κ2) is 7.53. The van der Waals surface area contributed by atoms with Gasteiger partial charge in [-0.15, -0.1) is 0 Å². The molecule has 1 saturated carbocycles. The molecule has 0 aromatic heterocycles. The fraction of sp³-hybridized carbons (Fsp3) is 0.556. The zero-order valence-corrected chi connectivity index (χ0v) is 15.3. The first-order chi connectivity index (χ1) is 13.3. The molecule has 2 aliphatic heterocycles. The predicted octanol–water partition coefficient (Wildman–Crippen LogP) is 1.16. The Morgan fingerprint density at radius 2 is 2.11 bits per heavy atom. The molecule has 2 fully saturated rings. The smallest absolute Gasteiger partial charge is 0.477 e. The van der Waals surface area contributed by atoms with E-state index in [1.54, 1.807) is 6.92 Å². The van der Waals surface area contributed by atoms with Crippen molar-refractivity contribution in [2.24, 2.45) is 17.6 Å². The van der Waals surface area contributed by atoms with Gasteiger partial charge in [-0.2, -0.15) is 0 Å². The van der Waals surface area contributed by atoms with Gasteiger partial charge in [-0.3, -0.25) is 4.79 Å². The van der Waals surface area contributed by atoms with Crippen LogP contribution in [-0.2, 0) is 23.8 Å². The molecule has 1 aliphatic carbocycles. The Morgan fingerprint density at radius 3 is 2.71 bits per heavy atom. The van der Waals surface area contributed by atoms with Gasteiger partial charge in [0.15, 0.2) is 0 Å². The molecule has 1 saturated heterocycles. The first-order valence-corrected chi connectivity index (χ1v) is 8.98. The summed E-state index contributed by atoms with van der Waals surface area (Å²) in [5.41, 5.74) is 5.36. The summed E-state index contributed by atoms with van der Waals surface area (Å²) in [6, 6.07) is -0.477. The number of nitrogens with two attached hydrogens (primary N) is 1. The number of carbonyl (C=O) groups is 4. The van der Waals surface area contributed by atoms with Gasteiger partial charge in [0.2, 0.25) is 5.91 Å². The highest BCUT2D eigenvalue weighted by Gasteiger charge is 2.63. The van der Waals surface area contributed by atoms with Crippen LogP contribution in [0.1, 0.15) is 26.2 Å². The van der Waals surface area contributed by atoms with Crippen LogP contribution in [0, 0.1) is 11.8 Å². The topological polar surface area (TPSA) is 145 Å². The lowest BCUT2D eigenvalue weighted by atomic mass is 9.71. The molecule has 2 heterocycles. The van der Waals surface area contributed by atoms with E-state index >= 15 is 0 Å². The number of fused-ring (bicyclic) bond motifs is 3. The summed E-state index contributed by atoms with van der Waals surface area (Å²) in [7, 11) is 0. The Bertz CT molecular complexity index is 761. The number of carbonyl (C=O) groups excluding carboxylic acids is 3. The molecule has 0 unspecified atom stereocenters. The van der Waals surface area contributed by atoms with Gasteiger partial charge in [0.1, 0.15) is 24.5 Å². The van der Waals surface area contributed by atoms with E-state index < -0.39 is 48.3 Å². The number of hydrogen-bond donors (Lipinski definition) is 2. The summed E-state index contributed by atoms with van der Waals surface area (Å²) in [5, 5.41) is 9.67. The van der Waals surface area contributed by atoms with Gasteiger partial charge in [0.25, 0.3) is 0 Å². The number of primary amides is 1. The maximum Gasteiger partial charge on any atom is 0.508 e. The number of β-lactam (4-membered cyclic amide) rings is 1. The number of aliphatic carboxylic acids is 1. The molecule has 2 amide bonds. The molecule has 152 valence electrons. The predicted molar refractivity (Wildman–Crippen MR) is 92.7 cm³/mol. The lowest BCUT2D eigenvalue weighted by molar-refractivity contribution is -0.164. The summed E-state index contributed by atoms with van der Waals surface area (Å²) in [6.07, 6.45) is -0.388. The average Bonchev–Trinajstić information content (AvgIpc) is 2.91. The van der Waals surface area contributed by atoms with E-state index in [0.717, 1.165) is 0 Å². The van der Waals surface area contributed by atoms with Crippen molar-refractivity contribution in [1.82, 2.24) is 4.90 Å². The SMILES string of the molecule is C=CCOC(=O)O[C@H](C)[C@H]1C(=O)N2C(C(=O)O)=C3[C@@H](OC(N)=O)CCC[C@@H]3[C@H]12. The van der Waals surface area contributed by atoms with Gasteiger partial charge >= 0.3 is 18.2 Å². The largest absolute Gasteiger partial charge is 0.508 e. The van der Waals surface area contributed by atoms with Crippen LogP contribution in [0.3, 0.4) is 0 Å². The van der Waals surface area contributed by atoms with E-state index in [1.165, 1.54) is 11.0 Å². The highest BCUT2D eigenvalue weighted by molar-refractivity contribution is 6.00. The third kappa shape index (κ3) is 3.19. The van der Waals surface area contributed by atoms with Gasteiger partial charge in [0, 0.05) is 11.5 Å². The molecule has 10 nitrogen and oxygen atoms in total. The summed E-state index contributed by atoms with van der Waals surface area (Å²) in [6.45, 7) is 4.97. The zero-order valence-electron chi connectivity index (χ0n) is 15.3. The van der Waals surface area contributed by atoms with Crippen molar-refractivity contribution in [3.05, 3.63) is 23.9 Å². The maximum atomic E-state index is 12.7. The Kier molecular flexibility index (Phi) is 5.30. The van der Waals surface area contributed by atoms with Crippen LogP contribution >= 0.6 is 0 Å². The van der Waals surface area contributed by atoms with Crippen molar-refractivity contribution >= 4 is 24.1 Å². The standard InChI is InChI=1S/C18H22N2O8/c1-3-7-26-18(25)27-8(2)11-13-9-5-4-6-10(28-17(19)24)12(9)14(16(22)23)20(13)15(11)21/h3,8-11,13H,1,4-7H2,2H3,(H2,19,24)(H,22,23)/t8-,9+,10+,11-,13-/m1/s1. The van der Waals surface area contributed by atoms with Gasteiger partial charge < -0.3 is 30.0 Å². The van der Waals surface area contributed by atoms with Gasteiger partial charge in [0.05, 0.1) is 12.0 Å². The van der Waals surface area contributed by atoms with Crippen LogP contribution in [-0.4, -0.2) is 59.0 Å². The fourth-order valence-electron chi connectivity index (χ4n) is 4.47. The van der Waals surface area contributed by atoms with Crippen LogP contribution in [0.5, 0.6) is 0 Å². The van der Waals surface area contributed by atoms with E-state index in [-0.39, 0.29) is 18.2 Å². The first kappa shape index (κ1) is 19.7. The van der Waals surface area contributed by atoms with Gasteiger partial charge in [-0.05, 0) is 26.2 Å². The zero-order chi connectivity index (χ0) is 20.6. The molecule has 3 aliphatic rings. The fourth-order valence-corrected chi connectivity index (χ4v) is 4.47. The molecule has 3 N–H and O–H groups in total. The lowest BCUT2D eigenvalue weighted by Crippen LogP contribution is -2.64. The van der Waals surface area contributed by atoms with Crippen molar-refractivity contribution in [1.29, 1.82) is 0 Å². The molecule has 10 heteroatoms. The molecule has 3 rings (SSSR count). The third-order valence-corrected chi connectivity index (χ3v) is 5.41. The molecule has 0 radical (unpaired) electrons. The van der Waals surface area contributed by atoms with Crippen LogP contribution < -0.4 is 5.73 Å². The van der Waals surface area contributed by atoms with Crippen LogP contribution in [0.25, 0.3) is 0 Å². The normalized spacial score (nSPS) is 29.2. The van der Waals surface area contributed by atoms with E-state index in [1.807, 2.05) is 0 Å². The second-order valence-electron chi connectivity index (χ2n) is 6.97. The van der Waals surface area contributed by atoms with Crippen molar-refractivity contribution in [3.63, 3.8) is 0 Å². The van der Waals surface area contributed by atoms with E-state index in [0.29, 0.717) is 24.8 Å². The van der Waals surface area contributed by atoms with E-state index in [2.05, 4.69) is 6.58 Å². The molecular formula is C18H22N2O8. The number of ether oxygens (including phenoxy) is 3. The summed E-state index contributed by atoms with van der Waals surface area (Å²) < 4.78 is 15.1. The highest BCUT2D eigenvalue weighted by atomic mass is 16.7. The number of hydrogen-bond acceptors (Lipinski definition) is 7. The van der Waals surface area contributed by atoms with Crippen molar-refractivity contribution in [2.45, 2.75) is 44.4 Å². The number of carboxylic acids is 1. The Balaban J connectivity index is 1.84. The lowest BCUT2D eigenvalue weighted by Gasteiger charge is -2.48. The highest BCUT2D eigenvalue weighted by Crippen LogP contribution is 2.53. The van der Waals surface area contributed by atoms with Crippen LogP contribution in [0.15, 0.2) is 23.9 Å². The van der Waals surface area contributed by atoms with Crippen molar-refractivity contribution < 1.29 is 38.5 Å². The molecular weight excluding hydrogens is 372 g/mol. The third-order valence-electron chi connectivity index (χ3n) is 5.41. The van der Waals surface area contributed by atoms with Crippen LogP contribution in [0.4, 0.5) is 9.59 Å². The van der Waals surface area contributed by atoms with Gasteiger partial charge in [-0.1, -0.05) is 12.7 Å². The maximum absolute atomic E-state index is 12.7. The molecule has 0 spiro atoms. The molecule has 0 aromatic carbocycles. The van der Waals surface area contributed by atoms with Crippen molar-refractivity contribution in [2.75, 3.05) is 6.61 Å². The Morgan fingerprint density at radius 1 is 1.39 bits per heavy atom. The minimum absolute atomic E-state index is 0.0245. The Labute approximate surface area is 160 Å². The Hall–Kier alpha value is -3.04. The van der Waals surface area contributed by atoms with Crippen LogP contribution in [0.2, 0.25) is 0 Å². The average molecular weight is 394 g/mol. The summed E-state index contributed by atoms with van der Waals surface area (Å²) >= 11 is 0. The van der Waals surface area contributed by atoms with Gasteiger partial charge in [-0.25, -0.2) is 14.4 Å². The summed E-state index contributed by atoms with van der Waals surface area (Å²) in [5.74, 6) is -2.73.